The number of amides is 1. The predicted molar refractivity (Wildman–Crippen MR) is 97.4 cm³/mol. The molecule has 0 aliphatic heterocycles. The van der Waals surface area contributed by atoms with Crippen molar-refractivity contribution in [3.8, 4) is 10.6 Å². The van der Waals surface area contributed by atoms with Crippen LogP contribution in [0.5, 0.6) is 0 Å². The van der Waals surface area contributed by atoms with Crippen molar-refractivity contribution in [1.29, 1.82) is 0 Å². The largest absolute Gasteiger partial charge is 0.333 e. The lowest BCUT2D eigenvalue weighted by Gasteiger charge is -2.23. The minimum atomic E-state index is -0.0673. The van der Waals surface area contributed by atoms with Gasteiger partial charge in [0, 0.05) is 27.9 Å². The average molecular weight is 363 g/mol. The molecule has 6 heteroatoms. The Labute approximate surface area is 148 Å². The van der Waals surface area contributed by atoms with E-state index in [9.17, 15) is 4.79 Å². The lowest BCUT2D eigenvalue weighted by Crippen LogP contribution is -2.29. The molecule has 3 nitrogen and oxygen atoms in total. The highest BCUT2D eigenvalue weighted by atomic mass is 35.5. The molecule has 1 aromatic carbocycles. The third kappa shape index (κ3) is 3.47. The molecule has 0 saturated carbocycles. The zero-order valence-electron chi connectivity index (χ0n) is 12.7. The molecule has 2 aromatic heterocycles. The fraction of sp³-hybridized carbons (Fsp3) is 0.176. The minimum Gasteiger partial charge on any atom is -0.333 e. The Morgan fingerprint density at radius 2 is 1.96 bits per heavy atom. The molecule has 1 amide bonds. The Hall–Kier alpha value is -1.69. The summed E-state index contributed by atoms with van der Waals surface area (Å²) in [5.74, 6) is -0.0673. The second kappa shape index (κ2) is 6.83. The number of aromatic nitrogens is 1. The Bertz CT molecular complexity index is 796. The second-order valence-corrected chi connectivity index (χ2v) is 7.43. The average Bonchev–Trinajstić information content (AvgIpc) is 3.25. The van der Waals surface area contributed by atoms with Crippen molar-refractivity contribution in [1.82, 2.24) is 9.88 Å². The van der Waals surface area contributed by atoms with Crippen LogP contribution in [0.3, 0.4) is 0 Å². The van der Waals surface area contributed by atoms with E-state index in [1.807, 2.05) is 61.1 Å². The van der Waals surface area contributed by atoms with Crippen molar-refractivity contribution >= 4 is 40.2 Å². The van der Waals surface area contributed by atoms with Crippen molar-refractivity contribution in [2.45, 2.75) is 13.0 Å². The van der Waals surface area contributed by atoms with E-state index < -0.39 is 0 Å². The van der Waals surface area contributed by atoms with Gasteiger partial charge in [0.2, 0.25) is 0 Å². The van der Waals surface area contributed by atoms with Crippen molar-refractivity contribution in [2.24, 2.45) is 0 Å². The van der Waals surface area contributed by atoms with E-state index >= 15 is 0 Å². The molecule has 2 heterocycles. The zero-order valence-corrected chi connectivity index (χ0v) is 15.1. The van der Waals surface area contributed by atoms with Gasteiger partial charge in [-0.05, 0) is 30.5 Å². The van der Waals surface area contributed by atoms with Crippen LogP contribution in [0.25, 0.3) is 10.6 Å². The summed E-state index contributed by atoms with van der Waals surface area (Å²) in [5, 5.41) is 5.34. The number of rotatable bonds is 4. The molecule has 23 heavy (non-hydrogen) atoms. The summed E-state index contributed by atoms with van der Waals surface area (Å²) in [6.45, 7) is 2.02. The van der Waals surface area contributed by atoms with E-state index in [1.165, 1.54) is 11.3 Å². The maximum Gasteiger partial charge on any atom is 0.273 e. The zero-order chi connectivity index (χ0) is 16.4. The standard InChI is InChI=1S/C17H15ClN2OS2/c1-11(15-4-3-9-22-15)20(2)17(21)14-10-23-16(19-14)12-5-7-13(18)8-6-12/h3-11H,1-2H3/t11-/m0/s1. The molecule has 0 aliphatic carbocycles. The molecule has 0 aliphatic rings. The number of carbonyl (C=O) groups excluding carboxylic acids is 1. The van der Waals surface area contributed by atoms with Gasteiger partial charge in [0.15, 0.2) is 0 Å². The number of thiophene rings is 1. The molecule has 118 valence electrons. The summed E-state index contributed by atoms with van der Waals surface area (Å²) in [6, 6.07) is 11.5. The number of benzene rings is 1. The summed E-state index contributed by atoms with van der Waals surface area (Å²) >= 11 is 9.02. The van der Waals surface area contributed by atoms with Gasteiger partial charge in [0.25, 0.3) is 5.91 Å². The predicted octanol–water partition coefficient (Wildman–Crippen LogP) is 5.36. The smallest absolute Gasteiger partial charge is 0.273 e. The molecule has 3 aromatic rings. The maximum atomic E-state index is 12.6. The van der Waals surface area contributed by atoms with E-state index in [-0.39, 0.29) is 11.9 Å². The van der Waals surface area contributed by atoms with Crippen LogP contribution in [-0.4, -0.2) is 22.8 Å². The van der Waals surface area contributed by atoms with E-state index in [0.717, 1.165) is 15.4 Å². The molecule has 0 bridgehead atoms. The number of thiazole rings is 1. The molecule has 0 saturated heterocycles. The number of carbonyl (C=O) groups is 1. The Morgan fingerprint density at radius 1 is 1.22 bits per heavy atom. The molecule has 3 rings (SSSR count). The quantitative estimate of drug-likeness (QED) is 0.626. The Morgan fingerprint density at radius 3 is 2.61 bits per heavy atom. The van der Waals surface area contributed by atoms with Gasteiger partial charge in [-0.25, -0.2) is 4.98 Å². The third-order valence-corrected chi connectivity index (χ3v) is 5.86. The number of hydrogen-bond donors (Lipinski definition) is 0. The highest BCUT2D eigenvalue weighted by molar-refractivity contribution is 7.13. The third-order valence-electron chi connectivity index (χ3n) is 3.67. The van der Waals surface area contributed by atoms with Gasteiger partial charge < -0.3 is 4.90 Å². The van der Waals surface area contributed by atoms with Crippen LogP contribution in [0, 0.1) is 0 Å². The van der Waals surface area contributed by atoms with E-state index in [2.05, 4.69) is 4.98 Å². The van der Waals surface area contributed by atoms with Crippen LogP contribution in [0.15, 0.2) is 47.2 Å². The van der Waals surface area contributed by atoms with E-state index in [4.69, 9.17) is 11.6 Å². The molecular weight excluding hydrogens is 348 g/mol. The molecular formula is C17H15ClN2OS2. The molecule has 1 atom stereocenters. The van der Waals surface area contributed by atoms with Crippen molar-refractivity contribution in [2.75, 3.05) is 7.05 Å². The first-order valence-electron chi connectivity index (χ1n) is 7.08. The summed E-state index contributed by atoms with van der Waals surface area (Å²) in [7, 11) is 1.81. The first kappa shape index (κ1) is 16.2. The molecule has 0 spiro atoms. The van der Waals surface area contributed by atoms with E-state index in [1.54, 1.807) is 16.2 Å². The molecule has 0 N–H and O–H groups in total. The van der Waals surface area contributed by atoms with Crippen LogP contribution in [-0.2, 0) is 0 Å². The SMILES string of the molecule is C[C@@H](c1cccs1)N(C)C(=O)c1csc(-c2ccc(Cl)cc2)n1. The number of nitrogens with zero attached hydrogens (tertiary/aromatic N) is 2. The lowest BCUT2D eigenvalue weighted by atomic mass is 10.2. The minimum absolute atomic E-state index is 0.0307. The van der Waals surface area contributed by atoms with Crippen LogP contribution in [0.1, 0.15) is 28.3 Å². The van der Waals surface area contributed by atoms with Gasteiger partial charge >= 0.3 is 0 Å². The van der Waals surface area contributed by atoms with Gasteiger partial charge in [-0.15, -0.1) is 22.7 Å². The summed E-state index contributed by atoms with van der Waals surface area (Å²) < 4.78 is 0. The fourth-order valence-electron chi connectivity index (χ4n) is 2.17. The Balaban J connectivity index is 1.79. The van der Waals surface area contributed by atoms with Gasteiger partial charge in [-0.1, -0.05) is 29.8 Å². The summed E-state index contributed by atoms with van der Waals surface area (Å²) in [4.78, 5) is 20.0. The van der Waals surface area contributed by atoms with Crippen LogP contribution >= 0.6 is 34.3 Å². The summed E-state index contributed by atoms with van der Waals surface area (Å²) in [5.41, 5.74) is 1.44. The van der Waals surface area contributed by atoms with Gasteiger partial charge in [0.05, 0.1) is 6.04 Å². The van der Waals surface area contributed by atoms with Crippen LogP contribution in [0.2, 0.25) is 5.02 Å². The normalized spacial score (nSPS) is 12.1. The molecule has 0 unspecified atom stereocenters. The first-order valence-corrected chi connectivity index (χ1v) is 9.22. The highest BCUT2D eigenvalue weighted by Gasteiger charge is 2.22. The van der Waals surface area contributed by atoms with Crippen molar-refractivity contribution in [3.63, 3.8) is 0 Å². The Kier molecular flexibility index (Phi) is 4.80. The van der Waals surface area contributed by atoms with E-state index in [0.29, 0.717) is 10.7 Å². The van der Waals surface area contributed by atoms with Gasteiger partial charge in [0.1, 0.15) is 10.7 Å². The van der Waals surface area contributed by atoms with Crippen LogP contribution in [0.4, 0.5) is 0 Å². The van der Waals surface area contributed by atoms with Crippen LogP contribution < -0.4 is 0 Å². The maximum absolute atomic E-state index is 12.6. The number of halogens is 1. The van der Waals surface area contributed by atoms with Gasteiger partial charge in [-0.3, -0.25) is 4.79 Å². The second-order valence-electron chi connectivity index (χ2n) is 5.15. The first-order chi connectivity index (χ1) is 11.1. The molecule has 0 fully saturated rings. The highest BCUT2D eigenvalue weighted by Crippen LogP contribution is 2.28. The topological polar surface area (TPSA) is 33.2 Å². The monoisotopic (exact) mass is 362 g/mol. The fourth-order valence-corrected chi connectivity index (χ4v) is 3.93. The number of hydrogen-bond acceptors (Lipinski definition) is 4. The molecule has 0 radical (unpaired) electrons. The summed E-state index contributed by atoms with van der Waals surface area (Å²) in [6.07, 6.45) is 0. The van der Waals surface area contributed by atoms with Crippen molar-refractivity contribution in [3.05, 3.63) is 62.8 Å². The van der Waals surface area contributed by atoms with Crippen molar-refractivity contribution < 1.29 is 4.79 Å². The lowest BCUT2D eigenvalue weighted by molar-refractivity contribution is 0.0740. The van der Waals surface area contributed by atoms with Gasteiger partial charge in [-0.2, -0.15) is 0 Å².